The van der Waals surface area contributed by atoms with Crippen molar-refractivity contribution in [3.05, 3.63) is 35.2 Å². The Balaban J connectivity index is 1.73. The van der Waals surface area contributed by atoms with Gasteiger partial charge in [0.2, 0.25) is 5.91 Å². The Kier molecular flexibility index (Phi) is 4.94. The number of carboxylic acids is 1. The predicted molar refractivity (Wildman–Crippen MR) is 90.3 cm³/mol. The fourth-order valence-electron chi connectivity index (χ4n) is 3.47. The zero-order chi connectivity index (χ0) is 17.1. The number of carbonyl (C=O) groups is 2. The largest absolute Gasteiger partial charge is 0.478 e. The summed E-state index contributed by atoms with van der Waals surface area (Å²) in [5.41, 5.74) is 2.71. The van der Waals surface area contributed by atoms with Gasteiger partial charge in [-0.15, -0.1) is 0 Å². The van der Waals surface area contributed by atoms with E-state index in [-0.39, 0.29) is 11.9 Å². The number of nitrogens with zero attached hydrogens (tertiary/aromatic N) is 2. The van der Waals surface area contributed by atoms with Crippen molar-refractivity contribution in [2.45, 2.75) is 45.2 Å². The summed E-state index contributed by atoms with van der Waals surface area (Å²) in [6.45, 7) is 4.14. The monoisotopic (exact) mass is 329 g/mol. The van der Waals surface area contributed by atoms with Gasteiger partial charge < -0.3 is 15.3 Å². The van der Waals surface area contributed by atoms with Gasteiger partial charge in [0.15, 0.2) is 0 Å². The molecular formula is C18H23N3O3. The van der Waals surface area contributed by atoms with Crippen molar-refractivity contribution in [3.8, 4) is 0 Å². The quantitative estimate of drug-likeness (QED) is 0.828. The van der Waals surface area contributed by atoms with E-state index < -0.39 is 5.97 Å². The Morgan fingerprint density at radius 2 is 2.12 bits per heavy atom. The van der Waals surface area contributed by atoms with Gasteiger partial charge in [-0.25, -0.2) is 4.79 Å². The lowest BCUT2D eigenvalue weighted by molar-refractivity contribution is -0.132. The van der Waals surface area contributed by atoms with Crippen LogP contribution in [0.5, 0.6) is 0 Å². The van der Waals surface area contributed by atoms with Crippen LogP contribution < -0.4 is 5.32 Å². The molecule has 128 valence electrons. The predicted octanol–water partition coefficient (Wildman–Crippen LogP) is 1.60. The van der Waals surface area contributed by atoms with Crippen molar-refractivity contribution in [1.29, 1.82) is 0 Å². The van der Waals surface area contributed by atoms with Gasteiger partial charge in [0.25, 0.3) is 0 Å². The van der Waals surface area contributed by atoms with E-state index in [0.717, 1.165) is 37.2 Å². The van der Waals surface area contributed by atoms with Crippen LogP contribution in [0.15, 0.2) is 18.3 Å². The minimum absolute atomic E-state index is 0.148. The molecule has 1 aromatic heterocycles. The Morgan fingerprint density at radius 1 is 1.38 bits per heavy atom. The Hall–Kier alpha value is -2.21. The van der Waals surface area contributed by atoms with Crippen molar-refractivity contribution >= 4 is 17.4 Å². The number of fused-ring (bicyclic) bond motifs is 1. The van der Waals surface area contributed by atoms with Gasteiger partial charge in [0.1, 0.15) is 0 Å². The van der Waals surface area contributed by atoms with Gasteiger partial charge in [-0.1, -0.05) is 13.0 Å². The van der Waals surface area contributed by atoms with E-state index in [1.807, 2.05) is 17.9 Å². The topological polar surface area (TPSA) is 82.5 Å². The maximum absolute atomic E-state index is 12.5. The molecule has 0 unspecified atom stereocenters. The van der Waals surface area contributed by atoms with E-state index in [1.165, 1.54) is 0 Å². The molecule has 1 aliphatic heterocycles. The molecule has 1 amide bonds. The maximum atomic E-state index is 12.5. The van der Waals surface area contributed by atoms with Gasteiger partial charge in [0.05, 0.1) is 17.3 Å². The fraction of sp³-hybridized carbons (Fsp3) is 0.500. The molecule has 0 bridgehead atoms. The third kappa shape index (κ3) is 3.19. The van der Waals surface area contributed by atoms with Crippen LogP contribution in [0.25, 0.3) is 5.57 Å². The summed E-state index contributed by atoms with van der Waals surface area (Å²) < 4.78 is 0. The molecule has 3 rings (SSSR count). The van der Waals surface area contributed by atoms with E-state index >= 15 is 0 Å². The first-order valence-electron chi connectivity index (χ1n) is 8.54. The van der Waals surface area contributed by atoms with Crippen molar-refractivity contribution < 1.29 is 14.7 Å². The molecule has 0 spiro atoms. The first-order valence-corrected chi connectivity index (χ1v) is 8.54. The summed E-state index contributed by atoms with van der Waals surface area (Å²) in [5, 5.41) is 12.7. The standard InChI is InChI=1S/C18H23N3O3/c1-2-14(17(22)21-9-3-4-10-21)20-11-12-7-8-19-15-6-5-13(16(12)15)18(23)24/h5,7-8,14,20H,2-4,6,9-11H2,1H3,(H,23,24)/t14-/m0/s1. The number of carbonyl (C=O) groups excluding carboxylic acids is 1. The highest BCUT2D eigenvalue weighted by Gasteiger charge is 2.27. The Bertz CT molecular complexity index is 678. The van der Waals surface area contributed by atoms with Crippen LogP contribution in [0.4, 0.5) is 0 Å². The van der Waals surface area contributed by atoms with Crippen LogP contribution in [-0.4, -0.2) is 46.0 Å². The number of rotatable bonds is 6. The highest BCUT2D eigenvalue weighted by molar-refractivity contribution is 6.17. The number of hydrogen-bond acceptors (Lipinski definition) is 4. The number of amides is 1. The SMILES string of the molecule is CC[C@H](NCc1ccnc2c1C(C(=O)O)=CC2)C(=O)N1CCCC1. The molecule has 24 heavy (non-hydrogen) atoms. The van der Waals surface area contributed by atoms with Gasteiger partial charge >= 0.3 is 5.97 Å². The van der Waals surface area contributed by atoms with Crippen molar-refractivity contribution in [3.63, 3.8) is 0 Å². The molecule has 1 aliphatic carbocycles. The summed E-state index contributed by atoms with van der Waals surface area (Å²) in [6.07, 6.45) is 6.83. The Labute approximate surface area is 141 Å². The molecule has 1 aromatic rings. The molecule has 0 aromatic carbocycles. The lowest BCUT2D eigenvalue weighted by Gasteiger charge is -2.23. The van der Waals surface area contributed by atoms with Crippen molar-refractivity contribution in [2.24, 2.45) is 0 Å². The van der Waals surface area contributed by atoms with Crippen LogP contribution in [0.2, 0.25) is 0 Å². The molecule has 1 fully saturated rings. The van der Waals surface area contributed by atoms with E-state index in [9.17, 15) is 14.7 Å². The number of likely N-dealkylation sites (tertiary alicyclic amines) is 1. The van der Waals surface area contributed by atoms with E-state index in [4.69, 9.17) is 0 Å². The van der Waals surface area contributed by atoms with Crippen LogP contribution in [0.3, 0.4) is 0 Å². The number of aromatic nitrogens is 1. The number of pyridine rings is 1. The van der Waals surface area contributed by atoms with Crippen molar-refractivity contribution in [2.75, 3.05) is 13.1 Å². The molecule has 0 saturated carbocycles. The van der Waals surface area contributed by atoms with E-state index in [1.54, 1.807) is 12.3 Å². The summed E-state index contributed by atoms with van der Waals surface area (Å²) in [5.74, 6) is -0.780. The Morgan fingerprint density at radius 3 is 2.79 bits per heavy atom. The molecule has 2 N–H and O–H groups in total. The second kappa shape index (κ2) is 7.13. The normalized spacial score (nSPS) is 17.5. The fourth-order valence-corrected chi connectivity index (χ4v) is 3.47. The zero-order valence-corrected chi connectivity index (χ0v) is 13.9. The summed E-state index contributed by atoms with van der Waals surface area (Å²) in [4.78, 5) is 30.2. The van der Waals surface area contributed by atoms with Crippen LogP contribution in [0, 0.1) is 0 Å². The molecule has 1 atom stereocenters. The first kappa shape index (κ1) is 16.6. The number of aliphatic carboxylic acids is 1. The number of hydrogen-bond donors (Lipinski definition) is 2. The highest BCUT2D eigenvalue weighted by Crippen LogP contribution is 2.29. The second-order valence-corrected chi connectivity index (χ2v) is 6.29. The van der Waals surface area contributed by atoms with E-state index in [2.05, 4.69) is 10.3 Å². The van der Waals surface area contributed by atoms with E-state index in [0.29, 0.717) is 30.5 Å². The third-order valence-electron chi connectivity index (χ3n) is 4.78. The molecule has 0 radical (unpaired) electrons. The number of allylic oxidation sites excluding steroid dienone is 1. The van der Waals surface area contributed by atoms with Gasteiger partial charge in [-0.2, -0.15) is 0 Å². The minimum atomic E-state index is -0.928. The van der Waals surface area contributed by atoms with Crippen LogP contribution in [-0.2, 0) is 22.6 Å². The first-order chi connectivity index (χ1) is 11.6. The van der Waals surface area contributed by atoms with Gasteiger partial charge in [-0.3, -0.25) is 9.78 Å². The van der Waals surface area contributed by atoms with Crippen LogP contribution in [0.1, 0.15) is 43.0 Å². The lowest BCUT2D eigenvalue weighted by Crippen LogP contribution is -2.44. The molecule has 6 nitrogen and oxygen atoms in total. The summed E-state index contributed by atoms with van der Waals surface area (Å²) >= 11 is 0. The average molecular weight is 329 g/mol. The molecule has 2 heterocycles. The molecule has 2 aliphatic rings. The summed E-state index contributed by atoms with van der Waals surface area (Å²) in [6, 6.07) is 1.60. The van der Waals surface area contributed by atoms with Gasteiger partial charge in [0, 0.05) is 37.8 Å². The smallest absolute Gasteiger partial charge is 0.336 e. The minimum Gasteiger partial charge on any atom is -0.478 e. The molecular weight excluding hydrogens is 306 g/mol. The summed E-state index contributed by atoms with van der Waals surface area (Å²) in [7, 11) is 0. The molecule has 6 heteroatoms. The van der Waals surface area contributed by atoms with Crippen LogP contribution >= 0.6 is 0 Å². The zero-order valence-electron chi connectivity index (χ0n) is 13.9. The highest BCUT2D eigenvalue weighted by atomic mass is 16.4. The van der Waals surface area contributed by atoms with Crippen molar-refractivity contribution in [1.82, 2.24) is 15.2 Å². The average Bonchev–Trinajstić information content (AvgIpc) is 3.25. The molecule has 1 saturated heterocycles. The lowest BCUT2D eigenvalue weighted by atomic mass is 10.0. The van der Waals surface area contributed by atoms with Gasteiger partial charge in [-0.05, 0) is 30.9 Å². The third-order valence-corrected chi connectivity index (χ3v) is 4.78. The second-order valence-electron chi connectivity index (χ2n) is 6.29. The number of nitrogens with one attached hydrogen (secondary N) is 1. The number of carboxylic acid groups (broad SMARTS) is 1. The maximum Gasteiger partial charge on any atom is 0.336 e.